The van der Waals surface area contributed by atoms with Crippen molar-refractivity contribution in [3.8, 4) is 0 Å². The maximum atomic E-state index is 12.5. The highest BCUT2D eigenvalue weighted by Gasteiger charge is 2.36. The topological polar surface area (TPSA) is 94.9 Å². The van der Waals surface area contributed by atoms with Gasteiger partial charge in [-0.25, -0.2) is 9.78 Å². The third-order valence-electron chi connectivity index (χ3n) is 4.11. The normalized spacial score (nSPS) is 17.7. The standard InChI is InChI=1S/C18H20N4O3S/c1-11(17-20-12(2)10-26-17)9-19-16(23)14-8-15(18(24)25)22(21-14)13-6-4-3-5-7-13/h3-7,10-11,15H,8-9H2,1-2H3,(H,19,23)(H,24,25). The number of aryl methyl sites for hydroxylation is 1. The summed E-state index contributed by atoms with van der Waals surface area (Å²) in [4.78, 5) is 28.4. The molecule has 0 saturated heterocycles. The summed E-state index contributed by atoms with van der Waals surface area (Å²) >= 11 is 1.56. The summed E-state index contributed by atoms with van der Waals surface area (Å²) in [5.41, 5.74) is 1.84. The van der Waals surface area contributed by atoms with Crippen LogP contribution >= 0.6 is 11.3 Å². The minimum atomic E-state index is -1.01. The average Bonchev–Trinajstić information content (AvgIpc) is 3.27. The molecule has 2 N–H and O–H groups in total. The van der Waals surface area contributed by atoms with Crippen LogP contribution in [0.4, 0.5) is 5.69 Å². The lowest BCUT2D eigenvalue weighted by atomic mass is 10.1. The smallest absolute Gasteiger partial charge is 0.328 e. The van der Waals surface area contributed by atoms with Crippen LogP contribution in [0.3, 0.4) is 0 Å². The average molecular weight is 372 g/mol. The Labute approximate surface area is 155 Å². The molecule has 0 fully saturated rings. The van der Waals surface area contributed by atoms with Gasteiger partial charge in [0.25, 0.3) is 5.91 Å². The number of carboxylic acids is 1. The summed E-state index contributed by atoms with van der Waals surface area (Å²) in [6, 6.07) is 8.12. The number of hydrogen-bond acceptors (Lipinski definition) is 6. The number of amides is 1. The first-order chi connectivity index (χ1) is 12.5. The van der Waals surface area contributed by atoms with E-state index in [-0.39, 0.29) is 24.0 Å². The van der Waals surface area contributed by atoms with Crippen molar-refractivity contribution in [2.24, 2.45) is 5.10 Å². The molecule has 0 bridgehead atoms. The highest BCUT2D eigenvalue weighted by atomic mass is 32.1. The fourth-order valence-corrected chi connectivity index (χ4v) is 3.55. The number of hydrogen-bond donors (Lipinski definition) is 2. The minimum absolute atomic E-state index is 0.0702. The largest absolute Gasteiger partial charge is 0.480 e. The van der Waals surface area contributed by atoms with Gasteiger partial charge in [-0.2, -0.15) is 5.10 Å². The van der Waals surface area contributed by atoms with Crippen molar-refractivity contribution in [3.05, 3.63) is 46.4 Å². The molecular weight excluding hydrogens is 352 g/mol. The third-order valence-corrected chi connectivity index (χ3v) is 5.30. The van der Waals surface area contributed by atoms with Crippen molar-refractivity contribution in [1.82, 2.24) is 10.3 Å². The van der Waals surface area contributed by atoms with Crippen molar-refractivity contribution < 1.29 is 14.7 Å². The highest BCUT2D eigenvalue weighted by Crippen LogP contribution is 2.25. The molecule has 2 aromatic rings. The van der Waals surface area contributed by atoms with Gasteiger partial charge in [0.15, 0.2) is 6.04 Å². The fourth-order valence-electron chi connectivity index (χ4n) is 2.69. The zero-order valence-electron chi connectivity index (χ0n) is 14.5. The molecule has 0 saturated carbocycles. The minimum Gasteiger partial charge on any atom is -0.480 e. The number of anilines is 1. The number of nitrogens with one attached hydrogen (secondary N) is 1. The van der Waals surface area contributed by atoms with Crippen LogP contribution in [0.1, 0.15) is 30.0 Å². The van der Waals surface area contributed by atoms with E-state index in [1.54, 1.807) is 35.6 Å². The summed E-state index contributed by atoms with van der Waals surface area (Å²) in [5.74, 6) is -1.26. The van der Waals surface area contributed by atoms with Gasteiger partial charge in [-0.05, 0) is 19.1 Å². The lowest BCUT2D eigenvalue weighted by Gasteiger charge is -2.19. The maximum absolute atomic E-state index is 12.5. The van der Waals surface area contributed by atoms with Crippen molar-refractivity contribution in [2.45, 2.75) is 32.2 Å². The van der Waals surface area contributed by atoms with Crippen molar-refractivity contribution >= 4 is 34.6 Å². The molecule has 2 heterocycles. The maximum Gasteiger partial charge on any atom is 0.328 e. The Hall–Kier alpha value is -2.74. The second kappa shape index (κ2) is 7.65. The lowest BCUT2D eigenvalue weighted by Crippen LogP contribution is -2.36. The van der Waals surface area contributed by atoms with Crippen molar-refractivity contribution in [1.29, 1.82) is 0 Å². The van der Waals surface area contributed by atoms with E-state index in [0.29, 0.717) is 12.2 Å². The number of thiazole rings is 1. The van der Waals surface area contributed by atoms with Gasteiger partial charge < -0.3 is 10.4 Å². The quantitative estimate of drug-likeness (QED) is 0.812. The molecule has 3 rings (SSSR count). The van der Waals surface area contributed by atoms with E-state index < -0.39 is 12.0 Å². The Morgan fingerprint density at radius 2 is 2.12 bits per heavy atom. The molecule has 26 heavy (non-hydrogen) atoms. The third kappa shape index (κ3) is 3.91. The number of nitrogens with zero attached hydrogens (tertiary/aromatic N) is 3. The molecule has 1 aromatic heterocycles. The van der Waals surface area contributed by atoms with E-state index in [9.17, 15) is 14.7 Å². The van der Waals surface area contributed by atoms with Crippen LogP contribution in [0.2, 0.25) is 0 Å². The molecule has 0 aliphatic carbocycles. The first-order valence-corrected chi connectivity index (χ1v) is 9.18. The molecule has 1 aliphatic heterocycles. The van der Waals surface area contributed by atoms with Gasteiger partial charge in [0.05, 0.1) is 10.7 Å². The molecule has 1 amide bonds. The predicted octanol–water partition coefficient (Wildman–Crippen LogP) is 2.39. The number of carbonyl (C=O) groups excluding carboxylic acids is 1. The highest BCUT2D eigenvalue weighted by molar-refractivity contribution is 7.09. The monoisotopic (exact) mass is 372 g/mol. The number of aliphatic carboxylic acids is 1. The molecule has 1 aromatic carbocycles. The molecule has 136 valence electrons. The first-order valence-electron chi connectivity index (χ1n) is 8.30. The van der Waals surface area contributed by atoms with Gasteiger partial charge in [-0.1, -0.05) is 25.1 Å². The van der Waals surface area contributed by atoms with E-state index >= 15 is 0 Å². The molecular formula is C18H20N4O3S. The lowest BCUT2D eigenvalue weighted by molar-refractivity contribution is -0.138. The van der Waals surface area contributed by atoms with Crippen LogP contribution in [0, 0.1) is 6.92 Å². The van der Waals surface area contributed by atoms with E-state index in [1.807, 2.05) is 25.3 Å². The van der Waals surface area contributed by atoms with E-state index in [1.165, 1.54) is 5.01 Å². The number of carboxylic acid groups (broad SMARTS) is 1. The SMILES string of the molecule is Cc1csc(C(C)CNC(=O)C2=NN(c3ccccc3)C(C(=O)O)C2)n1. The summed E-state index contributed by atoms with van der Waals surface area (Å²) in [5, 5.41) is 20.9. The summed E-state index contributed by atoms with van der Waals surface area (Å²) in [6.45, 7) is 4.35. The van der Waals surface area contributed by atoms with Crippen LogP contribution in [0.25, 0.3) is 0 Å². The second-order valence-corrected chi connectivity index (χ2v) is 7.11. The molecule has 8 heteroatoms. The molecule has 7 nitrogen and oxygen atoms in total. The second-order valence-electron chi connectivity index (χ2n) is 6.22. The summed E-state index contributed by atoms with van der Waals surface area (Å²) in [6.07, 6.45) is 0.0702. The Morgan fingerprint density at radius 3 is 2.73 bits per heavy atom. The number of carbonyl (C=O) groups is 2. The van der Waals surface area contributed by atoms with E-state index in [4.69, 9.17) is 0 Å². The molecule has 1 aliphatic rings. The van der Waals surface area contributed by atoms with Gasteiger partial charge in [0.2, 0.25) is 0 Å². The zero-order chi connectivity index (χ0) is 18.7. The van der Waals surface area contributed by atoms with E-state index in [0.717, 1.165) is 10.7 Å². The van der Waals surface area contributed by atoms with Crippen molar-refractivity contribution in [2.75, 3.05) is 11.6 Å². The van der Waals surface area contributed by atoms with Crippen molar-refractivity contribution in [3.63, 3.8) is 0 Å². The number of hydrazone groups is 1. The Kier molecular flexibility index (Phi) is 5.32. The number of para-hydroxylation sites is 1. The van der Waals surface area contributed by atoms with Gasteiger partial charge in [0, 0.05) is 30.0 Å². The van der Waals surface area contributed by atoms with Crippen LogP contribution < -0.4 is 10.3 Å². The molecule has 2 atom stereocenters. The number of rotatable bonds is 6. The summed E-state index contributed by atoms with van der Waals surface area (Å²) in [7, 11) is 0. The zero-order valence-corrected chi connectivity index (χ0v) is 15.4. The molecule has 2 unspecified atom stereocenters. The first kappa shape index (κ1) is 18.1. The van der Waals surface area contributed by atoms with E-state index in [2.05, 4.69) is 15.4 Å². The Morgan fingerprint density at radius 1 is 1.38 bits per heavy atom. The Bertz CT molecular complexity index is 834. The molecule has 0 spiro atoms. The van der Waals surface area contributed by atoms with Gasteiger partial charge in [-0.15, -0.1) is 11.3 Å². The predicted molar refractivity (Wildman–Crippen MR) is 101 cm³/mol. The fraction of sp³-hybridized carbons (Fsp3) is 0.333. The van der Waals surface area contributed by atoms with Gasteiger partial charge in [0.1, 0.15) is 5.71 Å². The number of benzene rings is 1. The van der Waals surface area contributed by atoms with Crippen LogP contribution in [-0.2, 0) is 9.59 Å². The van der Waals surface area contributed by atoms with Crippen LogP contribution in [0.5, 0.6) is 0 Å². The van der Waals surface area contributed by atoms with Gasteiger partial charge in [-0.3, -0.25) is 9.80 Å². The number of aromatic nitrogens is 1. The Balaban J connectivity index is 1.68. The summed E-state index contributed by atoms with van der Waals surface area (Å²) < 4.78 is 0. The van der Waals surface area contributed by atoms with Crippen LogP contribution in [-0.4, -0.2) is 40.3 Å². The van der Waals surface area contributed by atoms with Crippen LogP contribution in [0.15, 0.2) is 40.8 Å². The van der Waals surface area contributed by atoms with Gasteiger partial charge >= 0.3 is 5.97 Å². The molecule has 0 radical (unpaired) electrons.